The number of aryl methyl sites for hydroxylation is 1. The molecule has 4 rings (SSSR count). The number of anilines is 1. The third kappa shape index (κ3) is 3.46. The van der Waals surface area contributed by atoms with Gasteiger partial charge in [0.15, 0.2) is 11.6 Å². The molecule has 0 bridgehead atoms. The van der Waals surface area contributed by atoms with Gasteiger partial charge in [-0.1, -0.05) is 0 Å². The highest BCUT2D eigenvalue weighted by atomic mass is 19.4. The molecule has 148 valence electrons. The van der Waals surface area contributed by atoms with E-state index >= 15 is 0 Å². The molecule has 6 nitrogen and oxygen atoms in total. The lowest BCUT2D eigenvalue weighted by molar-refractivity contribution is -0.275. The number of benzene rings is 1. The first-order valence-electron chi connectivity index (χ1n) is 8.67. The third-order valence-corrected chi connectivity index (χ3v) is 4.72. The number of nitrogens with zero attached hydrogens (tertiary/aromatic N) is 4. The van der Waals surface area contributed by atoms with Gasteiger partial charge >= 0.3 is 6.36 Å². The van der Waals surface area contributed by atoms with Gasteiger partial charge < -0.3 is 14.5 Å². The van der Waals surface area contributed by atoms with Gasteiger partial charge in [-0.15, -0.1) is 13.2 Å². The van der Waals surface area contributed by atoms with Crippen molar-refractivity contribution in [2.75, 3.05) is 18.0 Å². The van der Waals surface area contributed by atoms with Crippen molar-refractivity contribution in [2.45, 2.75) is 32.8 Å². The Bertz CT molecular complexity index is 944. The summed E-state index contributed by atoms with van der Waals surface area (Å²) in [6.07, 6.45) is -3.93. The number of aromatic nitrogens is 2. The van der Waals surface area contributed by atoms with Crippen LogP contribution in [-0.2, 0) is 13.1 Å². The summed E-state index contributed by atoms with van der Waals surface area (Å²) in [7, 11) is 0. The Morgan fingerprint density at radius 2 is 1.93 bits per heavy atom. The molecule has 3 heterocycles. The molecule has 1 aromatic heterocycles. The Hall–Kier alpha value is -2.91. The standard InChI is InChI=1S/C18H16F4N4O2/c1-10-23-14-9-26(8-12(14)16(24-10)25-5-2-6-25)17(27)11-3-4-15(13(19)7-11)28-18(20,21)22/h3-4,7H,2,5-6,8-9H2,1H3. The maximum atomic E-state index is 13.9. The molecule has 2 aromatic rings. The van der Waals surface area contributed by atoms with Crippen LogP contribution in [0.1, 0.15) is 33.9 Å². The molecule has 0 atom stereocenters. The predicted molar refractivity (Wildman–Crippen MR) is 90.3 cm³/mol. The van der Waals surface area contributed by atoms with Gasteiger partial charge in [0.05, 0.1) is 18.8 Å². The van der Waals surface area contributed by atoms with Crippen LogP contribution in [0.2, 0.25) is 0 Å². The van der Waals surface area contributed by atoms with E-state index in [0.717, 1.165) is 54.8 Å². The summed E-state index contributed by atoms with van der Waals surface area (Å²) in [5, 5.41) is 0. The summed E-state index contributed by atoms with van der Waals surface area (Å²) in [4.78, 5) is 25.2. The highest BCUT2D eigenvalue weighted by Crippen LogP contribution is 2.33. The van der Waals surface area contributed by atoms with Crippen LogP contribution in [0.15, 0.2) is 18.2 Å². The second kappa shape index (κ2) is 6.61. The van der Waals surface area contributed by atoms with Gasteiger partial charge in [-0.3, -0.25) is 4.79 Å². The molecule has 0 aliphatic carbocycles. The van der Waals surface area contributed by atoms with Crippen molar-refractivity contribution in [3.8, 4) is 5.75 Å². The molecule has 0 spiro atoms. The number of fused-ring (bicyclic) bond motifs is 1. The molecule has 0 saturated carbocycles. The summed E-state index contributed by atoms with van der Waals surface area (Å²) < 4.78 is 54.3. The number of amides is 1. The van der Waals surface area contributed by atoms with Crippen molar-refractivity contribution in [3.05, 3.63) is 46.7 Å². The maximum Gasteiger partial charge on any atom is 0.573 e. The highest BCUT2D eigenvalue weighted by Gasteiger charge is 2.34. The van der Waals surface area contributed by atoms with Gasteiger partial charge in [0.1, 0.15) is 11.6 Å². The van der Waals surface area contributed by atoms with Crippen molar-refractivity contribution >= 4 is 11.7 Å². The number of rotatable bonds is 3. The Morgan fingerprint density at radius 3 is 2.54 bits per heavy atom. The van der Waals surface area contributed by atoms with E-state index in [1.807, 2.05) is 0 Å². The molecule has 1 amide bonds. The summed E-state index contributed by atoms with van der Waals surface area (Å²) in [6, 6.07) is 2.66. The van der Waals surface area contributed by atoms with Crippen molar-refractivity contribution < 1.29 is 27.1 Å². The Kier molecular flexibility index (Phi) is 4.35. The van der Waals surface area contributed by atoms with E-state index in [0.29, 0.717) is 5.82 Å². The number of halogens is 4. The molecule has 1 aromatic carbocycles. The van der Waals surface area contributed by atoms with Gasteiger partial charge in [0.25, 0.3) is 5.91 Å². The molecule has 0 radical (unpaired) electrons. The van der Waals surface area contributed by atoms with E-state index in [4.69, 9.17) is 0 Å². The molecule has 10 heteroatoms. The smallest absolute Gasteiger partial charge is 0.403 e. The second-order valence-electron chi connectivity index (χ2n) is 6.71. The molecule has 28 heavy (non-hydrogen) atoms. The SMILES string of the molecule is Cc1nc2c(c(N3CCC3)n1)CN(C(=O)c1ccc(OC(F)(F)F)c(F)c1)C2. The van der Waals surface area contributed by atoms with Gasteiger partial charge in [0, 0.05) is 24.2 Å². The number of hydrogen-bond donors (Lipinski definition) is 0. The van der Waals surface area contributed by atoms with Gasteiger partial charge in [-0.05, 0) is 31.5 Å². The Balaban J connectivity index is 1.55. The minimum atomic E-state index is -5.01. The molecular formula is C18H16F4N4O2. The predicted octanol–water partition coefficient (Wildman–Crippen LogP) is 3.19. The van der Waals surface area contributed by atoms with E-state index < -0.39 is 23.8 Å². The molecule has 2 aliphatic heterocycles. The van der Waals surface area contributed by atoms with Crippen molar-refractivity contribution in [1.29, 1.82) is 0 Å². The fraction of sp³-hybridized carbons (Fsp3) is 0.389. The molecule has 0 N–H and O–H groups in total. The first-order chi connectivity index (χ1) is 13.2. The number of hydrogen-bond acceptors (Lipinski definition) is 5. The highest BCUT2D eigenvalue weighted by molar-refractivity contribution is 5.94. The van der Waals surface area contributed by atoms with Crippen LogP contribution in [-0.4, -0.2) is 40.2 Å². The minimum absolute atomic E-state index is 0.0602. The molecule has 2 aliphatic rings. The zero-order chi connectivity index (χ0) is 20.1. The number of alkyl halides is 3. The van der Waals surface area contributed by atoms with Crippen molar-refractivity contribution in [1.82, 2.24) is 14.9 Å². The van der Waals surface area contributed by atoms with Crippen LogP contribution in [0.4, 0.5) is 23.4 Å². The maximum absolute atomic E-state index is 13.9. The Labute approximate surface area is 157 Å². The number of ether oxygens (including phenoxy) is 1. The lowest BCUT2D eigenvalue weighted by Gasteiger charge is -2.33. The lowest BCUT2D eigenvalue weighted by atomic mass is 10.1. The van der Waals surface area contributed by atoms with Crippen LogP contribution in [0.3, 0.4) is 0 Å². The van der Waals surface area contributed by atoms with E-state index in [-0.39, 0.29) is 18.7 Å². The Morgan fingerprint density at radius 1 is 1.18 bits per heavy atom. The average molecular weight is 396 g/mol. The molecule has 1 saturated heterocycles. The molecular weight excluding hydrogens is 380 g/mol. The van der Waals surface area contributed by atoms with E-state index in [1.165, 1.54) is 4.90 Å². The average Bonchev–Trinajstić information content (AvgIpc) is 2.97. The van der Waals surface area contributed by atoms with Crippen LogP contribution < -0.4 is 9.64 Å². The molecule has 0 unspecified atom stereocenters. The van der Waals surface area contributed by atoms with E-state index in [9.17, 15) is 22.4 Å². The van der Waals surface area contributed by atoms with Crippen molar-refractivity contribution in [2.24, 2.45) is 0 Å². The number of carbonyl (C=O) groups is 1. The van der Waals surface area contributed by atoms with Crippen LogP contribution >= 0.6 is 0 Å². The lowest BCUT2D eigenvalue weighted by Crippen LogP contribution is -2.38. The van der Waals surface area contributed by atoms with Crippen LogP contribution in [0, 0.1) is 12.7 Å². The van der Waals surface area contributed by atoms with E-state index in [2.05, 4.69) is 19.6 Å². The van der Waals surface area contributed by atoms with Crippen LogP contribution in [0.25, 0.3) is 0 Å². The quantitative estimate of drug-likeness (QED) is 0.746. The summed E-state index contributed by atoms with van der Waals surface area (Å²) in [5.74, 6) is -1.31. The largest absolute Gasteiger partial charge is 0.573 e. The van der Waals surface area contributed by atoms with Crippen molar-refractivity contribution in [3.63, 3.8) is 0 Å². The van der Waals surface area contributed by atoms with Crippen LogP contribution in [0.5, 0.6) is 5.75 Å². The van der Waals surface area contributed by atoms with Gasteiger partial charge in [0.2, 0.25) is 0 Å². The minimum Gasteiger partial charge on any atom is -0.403 e. The first kappa shape index (κ1) is 18.5. The first-order valence-corrected chi connectivity index (χ1v) is 8.67. The summed E-state index contributed by atoms with van der Waals surface area (Å²) >= 11 is 0. The fourth-order valence-electron chi connectivity index (χ4n) is 3.31. The zero-order valence-electron chi connectivity index (χ0n) is 14.9. The summed E-state index contributed by atoms with van der Waals surface area (Å²) in [6.45, 7) is 4.07. The number of carbonyl (C=O) groups excluding carboxylic acids is 1. The fourth-order valence-corrected chi connectivity index (χ4v) is 3.31. The van der Waals surface area contributed by atoms with Gasteiger partial charge in [-0.2, -0.15) is 0 Å². The zero-order valence-corrected chi connectivity index (χ0v) is 14.9. The monoisotopic (exact) mass is 396 g/mol. The summed E-state index contributed by atoms with van der Waals surface area (Å²) in [5.41, 5.74) is 1.53. The topological polar surface area (TPSA) is 58.6 Å². The third-order valence-electron chi connectivity index (χ3n) is 4.72. The second-order valence-corrected chi connectivity index (χ2v) is 6.71. The molecule has 1 fully saturated rings. The van der Waals surface area contributed by atoms with Gasteiger partial charge in [-0.25, -0.2) is 14.4 Å². The normalized spacial score (nSPS) is 16.0. The van der Waals surface area contributed by atoms with E-state index in [1.54, 1.807) is 6.92 Å².